The molecule has 0 rings (SSSR count). The fourth-order valence-electron chi connectivity index (χ4n) is 0.321. The number of nitrogens with zero attached hydrogens (tertiary/aromatic N) is 2. The molecule has 84 valence electrons. The molecule has 1 N–H and O–H groups in total. The molecule has 0 spiro atoms. The third kappa shape index (κ3) is 22.5. The summed E-state index contributed by atoms with van der Waals surface area (Å²) in [6.07, 6.45) is 0.958. The van der Waals surface area contributed by atoms with Gasteiger partial charge in [0, 0.05) is 0 Å². The van der Waals surface area contributed by atoms with Gasteiger partial charge in [-0.3, -0.25) is 0 Å². The first-order valence-electron chi connectivity index (χ1n) is 4.80. The second kappa shape index (κ2) is 7.62. The van der Waals surface area contributed by atoms with Crippen molar-refractivity contribution in [1.29, 1.82) is 0 Å². The zero-order valence-electron chi connectivity index (χ0n) is 10.0. The zero-order chi connectivity index (χ0) is 11.8. The summed E-state index contributed by atoms with van der Waals surface area (Å²) in [5.74, 6) is 0.167. The van der Waals surface area contributed by atoms with E-state index in [0.717, 1.165) is 6.42 Å². The van der Waals surface area contributed by atoms with Crippen molar-refractivity contribution in [2.24, 2.45) is 10.2 Å². The van der Waals surface area contributed by atoms with Crippen molar-refractivity contribution in [3.63, 3.8) is 0 Å². The van der Waals surface area contributed by atoms with Crippen molar-refractivity contribution in [3.8, 4) is 0 Å². The Balaban J connectivity index is 0. The van der Waals surface area contributed by atoms with Crippen molar-refractivity contribution in [2.45, 2.75) is 59.7 Å². The second-order valence-electron chi connectivity index (χ2n) is 3.88. The fraction of sp³-hybridized carbons (Fsp3) is 0.900. The lowest BCUT2D eigenvalue weighted by atomic mass is 10.3. The van der Waals surface area contributed by atoms with Gasteiger partial charge in [-0.15, -0.1) is 0 Å². The van der Waals surface area contributed by atoms with Gasteiger partial charge in [0.1, 0.15) is 5.78 Å². The average molecular weight is 202 g/mol. The van der Waals surface area contributed by atoms with Crippen LogP contribution in [0.3, 0.4) is 0 Å². The molecule has 0 aromatic heterocycles. The van der Waals surface area contributed by atoms with E-state index in [2.05, 4.69) is 10.2 Å². The van der Waals surface area contributed by atoms with Crippen molar-refractivity contribution < 1.29 is 9.90 Å². The van der Waals surface area contributed by atoms with Crippen molar-refractivity contribution in [2.75, 3.05) is 0 Å². The second-order valence-corrected chi connectivity index (χ2v) is 3.88. The van der Waals surface area contributed by atoms with E-state index in [1.54, 1.807) is 13.8 Å². The molecule has 0 aliphatic carbocycles. The largest absolute Gasteiger partial charge is 0.368 e. The van der Waals surface area contributed by atoms with Crippen LogP contribution in [0, 0.1) is 0 Å². The van der Waals surface area contributed by atoms with Crippen LogP contribution in [0.1, 0.15) is 48.0 Å². The fourth-order valence-corrected chi connectivity index (χ4v) is 0.321. The number of rotatable bonds is 3. The van der Waals surface area contributed by atoms with Crippen LogP contribution in [0.25, 0.3) is 0 Å². The van der Waals surface area contributed by atoms with E-state index in [0.29, 0.717) is 0 Å². The highest BCUT2D eigenvalue weighted by molar-refractivity contribution is 5.72. The molecule has 0 saturated heterocycles. The molecule has 0 heterocycles. The Kier molecular flexibility index (Phi) is 8.54. The molecular weight excluding hydrogens is 180 g/mol. The highest BCUT2D eigenvalue weighted by Gasteiger charge is 2.09. The van der Waals surface area contributed by atoms with Gasteiger partial charge in [0.25, 0.3) is 0 Å². The highest BCUT2D eigenvalue weighted by Crippen LogP contribution is 2.05. The maximum atomic E-state index is 9.44. The molecule has 0 bridgehead atoms. The molecule has 0 fully saturated rings. The van der Waals surface area contributed by atoms with E-state index in [4.69, 9.17) is 5.11 Å². The van der Waals surface area contributed by atoms with Gasteiger partial charge in [0.05, 0.1) is 6.04 Å². The van der Waals surface area contributed by atoms with Crippen molar-refractivity contribution in [3.05, 3.63) is 0 Å². The Labute approximate surface area is 86.4 Å². The molecular formula is C10H22N2O2. The normalized spacial score (nSPS) is 13.4. The van der Waals surface area contributed by atoms with E-state index < -0.39 is 5.72 Å². The Hall–Kier alpha value is -0.770. The summed E-state index contributed by atoms with van der Waals surface area (Å²) in [5.41, 5.74) is -1.01. The molecule has 0 aliphatic heterocycles. The van der Waals surface area contributed by atoms with Gasteiger partial charge >= 0.3 is 0 Å². The number of hydrogen-bond donors (Lipinski definition) is 1. The van der Waals surface area contributed by atoms with Gasteiger partial charge < -0.3 is 9.90 Å². The first-order valence-corrected chi connectivity index (χ1v) is 4.80. The summed E-state index contributed by atoms with van der Waals surface area (Å²) < 4.78 is 0. The van der Waals surface area contributed by atoms with Gasteiger partial charge in [0.2, 0.25) is 0 Å². The van der Waals surface area contributed by atoms with Crippen molar-refractivity contribution in [1.82, 2.24) is 0 Å². The van der Waals surface area contributed by atoms with E-state index >= 15 is 0 Å². The SMILES string of the molecule is CC(C)=O.CCC(C)N=NC(C)(C)O. The summed E-state index contributed by atoms with van der Waals surface area (Å²) in [7, 11) is 0. The molecule has 0 radical (unpaired) electrons. The minimum atomic E-state index is -1.01. The van der Waals surface area contributed by atoms with E-state index in [1.165, 1.54) is 13.8 Å². The van der Waals surface area contributed by atoms with Gasteiger partial charge in [-0.05, 0) is 41.0 Å². The summed E-state index contributed by atoms with van der Waals surface area (Å²) in [4.78, 5) is 9.44. The lowest BCUT2D eigenvalue weighted by molar-refractivity contribution is -0.114. The van der Waals surface area contributed by atoms with Crippen LogP contribution in [-0.4, -0.2) is 22.7 Å². The third-order valence-corrected chi connectivity index (χ3v) is 1.09. The third-order valence-electron chi connectivity index (χ3n) is 1.09. The summed E-state index contributed by atoms with van der Waals surface area (Å²) in [6, 6.07) is 0.214. The number of aliphatic hydroxyl groups is 1. The molecule has 0 aromatic rings. The Bertz CT molecular complexity index is 179. The van der Waals surface area contributed by atoms with Gasteiger partial charge in [0.15, 0.2) is 5.72 Å². The monoisotopic (exact) mass is 202 g/mol. The number of azo groups is 1. The number of hydrogen-bond acceptors (Lipinski definition) is 4. The molecule has 1 atom stereocenters. The zero-order valence-corrected chi connectivity index (χ0v) is 10.0. The van der Waals surface area contributed by atoms with Crippen LogP contribution in [0.2, 0.25) is 0 Å². The summed E-state index contributed by atoms with van der Waals surface area (Å²) in [5, 5.41) is 16.7. The van der Waals surface area contributed by atoms with Crippen LogP contribution in [0.15, 0.2) is 10.2 Å². The quantitative estimate of drug-likeness (QED) is 0.715. The molecule has 0 amide bonds. The van der Waals surface area contributed by atoms with Gasteiger partial charge in [-0.25, -0.2) is 0 Å². The van der Waals surface area contributed by atoms with Gasteiger partial charge in [-0.2, -0.15) is 10.2 Å². The standard InChI is InChI=1S/C7H16N2O.C3H6O/c1-5-6(2)8-9-7(3,4)10;1-3(2)4/h6,10H,5H2,1-4H3;1-2H3. The van der Waals surface area contributed by atoms with E-state index in [9.17, 15) is 4.79 Å². The lowest BCUT2D eigenvalue weighted by Crippen LogP contribution is -2.14. The van der Waals surface area contributed by atoms with Gasteiger partial charge in [-0.1, -0.05) is 6.92 Å². The Morgan fingerprint density at radius 3 is 2.00 bits per heavy atom. The number of carbonyl (C=O) groups excluding carboxylic acids is 1. The van der Waals surface area contributed by atoms with Crippen molar-refractivity contribution >= 4 is 5.78 Å². The predicted molar refractivity (Wildman–Crippen MR) is 57.3 cm³/mol. The number of Topliss-reactive ketones (excluding diaryl/α,β-unsaturated/α-hetero) is 1. The molecule has 0 aliphatic rings. The van der Waals surface area contributed by atoms with Crippen LogP contribution < -0.4 is 0 Å². The predicted octanol–water partition coefficient (Wildman–Crippen LogP) is 2.56. The van der Waals surface area contributed by atoms with Crippen LogP contribution in [0.5, 0.6) is 0 Å². The minimum absolute atomic E-state index is 0.167. The van der Waals surface area contributed by atoms with Crippen LogP contribution in [0.4, 0.5) is 0 Å². The maximum absolute atomic E-state index is 9.44. The summed E-state index contributed by atoms with van der Waals surface area (Å²) >= 11 is 0. The molecule has 1 unspecified atom stereocenters. The van der Waals surface area contributed by atoms with Crippen LogP contribution >= 0.6 is 0 Å². The molecule has 0 saturated carbocycles. The number of carbonyl (C=O) groups is 1. The first-order chi connectivity index (χ1) is 6.19. The highest BCUT2D eigenvalue weighted by atomic mass is 16.3. The minimum Gasteiger partial charge on any atom is -0.368 e. The Morgan fingerprint density at radius 2 is 1.79 bits per heavy atom. The Morgan fingerprint density at radius 1 is 1.43 bits per heavy atom. The maximum Gasteiger partial charge on any atom is 0.170 e. The molecule has 4 nitrogen and oxygen atoms in total. The topological polar surface area (TPSA) is 62.0 Å². The average Bonchev–Trinajstić information content (AvgIpc) is 1.97. The number of ketones is 1. The molecule has 4 heteroatoms. The summed E-state index contributed by atoms with van der Waals surface area (Å²) in [6.45, 7) is 10.3. The van der Waals surface area contributed by atoms with E-state index in [1.807, 2.05) is 13.8 Å². The first kappa shape index (κ1) is 15.7. The lowest BCUT2D eigenvalue weighted by Gasteiger charge is -2.09. The molecule has 0 aromatic carbocycles. The van der Waals surface area contributed by atoms with E-state index in [-0.39, 0.29) is 11.8 Å². The van der Waals surface area contributed by atoms with Crippen LogP contribution in [-0.2, 0) is 4.79 Å². The molecule has 14 heavy (non-hydrogen) atoms. The smallest absolute Gasteiger partial charge is 0.170 e.